The summed E-state index contributed by atoms with van der Waals surface area (Å²) in [5.41, 5.74) is 0.654. The first-order valence-electron chi connectivity index (χ1n) is 7.28. The lowest BCUT2D eigenvalue weighted by molar-refractivity contribution is 0.0988. The molecule has 0 aliphatic rings. The third-order valence-corrected chi connectivity index (χ3v) is 3.28. The molecule has 0 spiro atoms. The van der Waals surface area contributed by atoms with Crippen molar-refractivity contribution in [2.24, 2.45) is 0 Å². The van der Waals surface area contributed by atoms with E-state index in [-0.39, 0.29) is 17.5 Å². The highest BCUT2D eigenvalue weighted by atomic mass is 19.3. The normalized spacial score (nSPS) is 11.0. The van der Waals surface area contributed by atoms with E-state index in [4.69, 9.17) is 0 Å². The van der Waals surface area contributed by atoms with Gasteiger partial charge in [-0.25, -0.2) is 13.2 Å². The summed E-state index contributed by atoms with van der Waals surface area (Å²) in [6.07, 6.45) is -1.08. The van der Waals surface area contributed by atoms with E-state index >= 15 is 0 Å². The van der Waals surface area contributed by atoms with Gasteiger partial charge in [-0.2, -0.15) is 10.1 Å². The average molecular weight is 350 g/mol. The van der Waals surface area contributed by atoms with Gasteiger partial charge in [-0.3, -0.25) is 19.9 Å². The molecule has 0 fully saturated rings. The van der Waals surface area contributed by atoms with Crippen LogP contribution in [0.4, 0.5) is 19.1 Å². The van der Waals surface area contributed by atoms with Crippen LogP contribution in [0.2, 0.25) is 0 Å². The van der Waals surface area contributed by atoms with E-state index in [1.54, 1.807) is 12.1 Å². The van der Waals surface area contributed by atoms with Crippen LogP contribution in [0.3, 0.4) is 0 Å². The summed E-state index contributed by atoms with van der Waals surface area (Å²) in [5, 5.41) is 12.5. The number of anilines is 1. The van der Waals surface area contributed by atoms with E-state index in [9.17, 15) is 18.0 Å². The summed E-state index contributed by atoms with van der Waals surface area (Å²) in [6.45, 7) is -0.686. The first kappa shape index (κ1) is 16.7. The number of halogens is 3. The second-order valence-corrected chi connectivity index (χ2v) is 5.16. The lowest BCUT2D eigenvalue weighted by Gasteiger charge is -2.05. The summed E-state index contributed by atoms with van der Waals surface area (Å²) >= 11 is 0. The molecule has 1 aromatic carbocycles. The first-order valence-corrected chi connectivity index (χ1v) is 7.28. The SMILES string of the molecule is O=C(Nc1n[nH]c(Cc2cccc(F)c2)n1)c1ccnn1CC(F)F. The van der Waals surface area contributed by atoms with Gasteiger partial charge >= 0.3 is 0 Å². The van der Waals surface area contributed by atoms with Gasteiger partial charge in [-0.05, 0) is 23.8 Å². The van der Waals surface area contributed by atoms with Crippen molar-refractivity contribution < 1.29 is 18.0 Å². The minimum Gasteiger partial charge on any atom is -0.288 e. The molecule has 2 N–H and O–H groups in total. The van der Waals surface area contributed by atoms with E-state index in [2.05, 4.69) is 25.6 Å². The van der Waals surface area contributed by atoms with Gasteiger partial charge in [0.2, 0.25) is 5.95 Å². The van der Waals surface area contributed by atoms with Crippen LogP contribution in [0, 0.1) is 5.82 Å². The van der Waals surface area contributed by atoms with E-state index in [0.29, 0.717) is 17.8 Å². The zero-order chi connectivity index (χ0) is 17.8. The van der Waals surface area contributed by atoms with Crippen LogP contribution >= 0.6 is 0 Å². The fraction of sp³-hybridized carbons (Fsp3) is 0.200. The van der Waals surface area contributed by atoms with Gasteiger partial charge < -0.3 is 0 Å². The summed E-state index contributed by atoms with van der Waals surface area (Å²) in [4.78, 5) is 16.2. The molecule has 0 saturated carbocycles. The van der Waals surface area contributed by atoms with Crippen molar-refractivity contribution in [2.75, 3.05) is 5.32 Å². The molecule has 2 heterocycles. The zero-order valence-corrected chi connectivity index (χ0v) is 12.8. The molecule has 0 bridgehead atoms. The van der Waals surface area contributed by atoms with Crippen molar-refractivity contribution in [1.82, 2.24) is 25.0 Å². The Balaban J connectivity index is 1.67. The number of carbonyl (C=O) groups excluding carboxylic acids is 1. The molecule has 0 unspecified atom stereocenters. The predicted molar refractivity (Wildman–Crippen MR) is 81.8 cm³/mol. The van der Waals surface area contributed by atoms with Crippen molar-refractivity contribution in [3.8, 4) is 0 Å². The van der Waals surface area contributed by atoms with Crippen molar-refractivity contribution in [3.05, 3.63) is 59.4 Å². The van der Waals surface area contributed by atoms with E-state index < -0.39 is 18.9 Å². The number of nitrogens with zero attached hydrogens (tertiary/aromatic N) is 4. The molecule has 0 aliphatic heterocycles. The molecule has 3 rings (SSSR count). The summed E-state index contributed by atoms with van der Waals surface area (Å²) in [5.74, 6) is -0.615. The van der Waals surface area contributed by atoms with Gasteiger partial charge in [0.25, 0.3) is 12.3 Å². The third-order valence-electron chi connectivity index (χ3n) is 3.28. The molecule has 25 heavy (non-hydrogen) atoms. The highest BCUT2D eigenvalue weighted by Crippen LogP contribution is 2.10. The van der Waals surface area contributed by atoms with Crippen LogP contribution in [0.15, 0.2) is 36.5 Å². The number of amides is 1. The number of benzene rings is 1. The van der Waals surface area contributed by atoms with Crippen LogP contribution in [0.5, 0.6) is 0 Å². The Labute approximate surface area is 139 Å². The molecule has 0 aliphatic carbocycles. The summed E-state index contributed by atoms with van der Waals surface area (Å²) < 4.78 is 39.0. The van der Waals surface area contributed by atoms with Crippen LogP contribution in [-0.2, 0) is 13.0 Å². The number of alkyl halides is 2. The summed E-state index contributed by atoms with van der Waals surface area (Å²) in [6, 6.07) is 7.32. The second-order valence-electron chi connectivity index (χ2n) is 5.16. The molecule has 3 aromatic rings. The largest absolute Gasteiger partial charge is 0.288 e. The number of aromatic nitrogens is 5. The van der Waals surface area contributed by atoms with Crippen molar-refractivity contribution >= 4 is 11.9 Å². The molecule has 130 valence electrons. The van der Waals surface area contributed by atoms with Gasteiger partial charge in [-0.15, -0.1) is 5.10 Å². The predicted octanol–water partition coefficient (Wildman–Crippen LogP) is 2.25. The minimum atomic E-state index is -2.63. The Bertz CT molecular complexity index is 876. The van der Waals surface area contributed by atoms with Gasteiger partial charge in [0.1, 0.15) is 23.9 Å². The monoisotopic (exact) mass is 350 g/mol. The molecule has 0 radical (unpaired) electrons. The Morgan fingerprint density at radius 1 is 1.32 bits per heavy atom. The smallest absolute Gasteiger partial charge is 0.276 e. The van der Waals surface area contributed by atoms with Gasteiger partial charge in [-0.1, -0.05) is 12.1 Å². The Hall–Kier alpha value is -3.17. The molecular formula is C15H13F3N6O. The minimum absolute atomic E-state index is 0.0128. The molecule has 0 atom stereocenters. The van der Waals surface area contributed by atoms with Gasteiger partial charge in [0.15, 0.2) is 0 Å². The van der Waals surface area contributed by atoms with Gasteiger partial charge in [0, 0.05) is 12.6 Å². The van der Waals surface area contributed by atoms with E-state index in [1.807, 2.05) is 0 Å². The highest BCUT2D eigenvalue weighted by molar-refractivity contribution is 6.01. The molecule has 10 heteroatoms. The lowest BCUT2D eigenvalue weighted by Crippen LogP contribution is -2.20. The van der Waals surface area contributed by atoms with Crippen LogP contribution in [0.25, 0.3) is 0 Å². The van der Waals surface area contributed by atoms with Crippen LogP contribution < -0.4 is 5.32 Å². The van der Waals surface area contributed by atoms with Crippen LogP contribution in [-0.4, -0.2) is 37.3 Å². The van der Waals surface area contributed by atoms with Crippen LogP contribution in [0.1, 0.15) is 21.9 Å². The third kappa shape index (κ3) is 4.22. The van der Waals surface area contributed by atoms with Crippen molar-refractivity contribution in [3.63, 3.8) is 0 Å². The standard InChI is InChI=1S/C15H13F3N6O/c16-10-3-1-2-9(6-10)7-13-20-15(23-22-13)21-14(25)11-4-5-19-24(11)8-12(17)18/h1-6,12H,7-8H2,(H2,20,21,22,23,25). The zero-order valence-electron chi connectivity index (χ0n) is 12.8. The Morgan fingerprint density at radius 3 is 2.92 bits per heavy atom. The Kier molecular flexibility index (Phi) is 4.78. The first-order chi connectivity index (χ1) is 12.0. The quantitative estimate of drug-likeness (QED) is 0.714. The lowest BCUT2D eigenvalue weighted by atomic mass is 10.1. The summed E-state index contributed by atoms with van der Waals surface area (Å²) in [7, 11) is 0. The number of H-pyrrole nitrogens is 1. The number of nitrogens with one attached hydrogen (secondary N) is 2. The molecule has 2 aromatic heterocycles. The maximum Gasteiger partial charge on any atom is 0.276 e. The second kappa shape index (κ2) is 7.16. The number of rotatable bonds is 6. The fourth-order valence-electron chi connectivity index (χ4n) is 2.24. The number of hydrogen-bond acceptors (Lipinski definition) is 4. The maximum atomic E-state index is 13.2. The van der Waals surface area contributed by atoms with E-state index in [1.165, 1.54) is 24.4 Å². The van der Waals surface area contributed by atoms with Crippen molar-refractivity contribution in [1.29, 1.82) is 0 Å². The topological polar surface area (TPSA) is 88.5 Å². The van der Waals surface area contributed by atoms with E-state index in [0.717, 1.165) is 4.68 Å². The maximum absolute atomic E-state index is 13.2. The van der Waals surface area contributed by atoms with Gasteiger partial charge in [0.05, 0.1) is 0 Å². The molecule has 0 saturated heterocycles. The molecule has 1 amide bonds. The fourth-order valence-corrected chi connectivity index (χ4v) is 2.24. The molecular weight excluding hydrogens is 337 g/mol. The Morgan fingerprint density at radius 2 is 2.16 bits per heavy atom. The van der Waals surface area contributed by atoms with Crippen molar-refractivity contribution in [2.45, 2.75) is 19.4 Å². The number of carbonyl (C=O) groups is 1. The highest BCUT2D eigenvalue weighted by Gasteiger charge is 2.17. The molecule has 7 nitrogen and oxygen atoms in total. The number of hydrogen-bond donors (Lipinski definition) is 2. The number of aromatic amines is 1. The average Bonchev–Trinajstić information content (AvgIpc) is 3.16.